The van der Waals surface area contributed by atoms with E-state index in [4.69, 9.17) is 4.74 Å². The highest BCUT2D eigenvalue weighted by Gasteiger charge is 2.11. The molecular weight excluding hydrogens is 314 g/mol. The molecular formula is C20H25N3O2. The Kier molecular flexibility index (Phi) is 5.88. The van der Waals surface area contributed by atoms with Crippen molar-refractivity contribution < 1.29 is 9.53 Å². The quantitative estimate of drug-likeness (QED) is 0.900. The van der Waals surface area contributed by atoms with Gasteiger partial charge in [0.25, 0.3) is 5.91 Å². The smallest absolute Gasteiger partial charge is 0.262 e. The third-order valence-corrected chi connectivity index (χ3v) is 4.35. The van der Waals surface area contributed by atoms with Crippen molar-refractivity contribution in [3.8, 4) is 5.75 Å². The number of ether oxygens (including phenoxy) is 1. The lowest BCUT2D eigenvalue weighted by atomic mass is 10.2. The van der Waals surface area contributed by atoms with Crippen molar-refractivity contribution in [2.45, 2.75) is 32.6 Å². The monoisotopic (exact) mass is 339 g/mol. The molecule has 3 rings (SSSR count). The summed E-state index contributed by atoms with van der Waals surface area (Å²) in [4.78, 5) is 18.8. The second kappa shape index (κ2) is 8.51. The van der Waals surface area contributed by atoms with Crippen LogP contribution in [0.1, 0.15) is 31.2 Å². The van der Waals surface area contributed by atoms with E-state index in [-0.39, 0.29) is 12.5 Å². The van der Waals surface area contributed by atoms with Gasteiger partial charge in [-0.2, -0.15) is 0 Å². The van der Waals surface area contributed by atoms with E-state index < -0.39 is 0 Å². The number of carbonyl (C=O) groups excluding carboxylic acids is 1. The summed E-state index contributed by atoms with van der Waals surface area (Å²) in [7, 11) is 0. The highest BCUT2D eigenvalue weighted by molar-refractivity contribution is 5.91. The second-order valence-corrected chi connectivity index (χ2v) is 6.46. The minimum Gasteiger partial charge on any atom is -0.484 e. The van der Waals surface area contributed by atoms with Gasteiger partial charge in [0.15, 0.2) is 6.61 Å². The summed E-state index contributed by atoms with van der Waals surface area (Å²) in [5.41, 5.74) is 1.85. The summed E-state index contributed by atoms with van der Waals surface area (Å²) in [5.74, 6) is 1.48. The second-order valence-electron chi connectivity index (χ2n) is 6.46. The predicted octanol–water partition coefficient (Wildman–Crippen LogP) is 3.79. The number of amides is 1. The first-order chi connectivity index (χ1) is 12.2. The van der Waals surface area contributed by atoms with Gasteiger partial charge in [-0.15, -0.1) is 0 Å². The molecule has 5 nitrogen and oxygen atoms in total. The van der Waals surface area contributed by atoms with Gasteiger partial charge in [0, 0.05) is 13.1 Å². The molecule has 0 saturated carbocycles. The molecule has 1 aliphatic heterocycles. The molecule has 2 aromatic rings. The van der Waals surface area contributed by atoms with Crippen molar-refractivity contribution in [1.29, 1.82) is 0 Å². The van der Waals surface area contributed by atoms with Crippen LogP contribution in [0.25, 0.3) is 0 Å². The molecule has 25 heavy (non-hydrogen) atoms. The maximum absolute atomic E-state index is 12.0. The van der Waals surface area contributed by atoms with Crippen LogP contribution in [0.15, 0.2) is 42.6 Å². The summed E-state index contributed by atoms with van der Waals surface area (Å²) in [6, 6.07) is 11.5. The molecule has 0 bridgehead atoms. The lowest BCUT2D eigenvalue weighted by Crippen LogP contribution is -2.25. The van der Waals surface area contributed by atoms with E-state index in [0.29, 0.717) is 11.4 Å². The van der Waals surface area contributed by atoms with E-state index in [1.807, 2.05) is 43.3 Å². The predicted molar refractivity (Wildman–Crippen MR) is 100 cm³/mol. The maximum Gasteiger partial charge on any atom is 0.262 e. The van der Waals surface area contributed by atoms with Crippen molar-refractivity contribution in [1.82, 2.24) is 4.98 Å². The molecule has 1 N–H and O–H groups in total. The number of aryl methyl sites for hydroxylation is 1. The molecule has 5 heteroatoms. The topological polar surface area (TPSA) is 54.5 Å². The van der Waals surface area contributed by atoms with Gasteiger partial charge in [-0.25, -0.2) is 4.98 Å². The van der Waals surface area contributed by atoms with E-state index in [2.05, 4.69) is 15.2 Å². The van der Waals surface area contributed by atoms with Gasteiger partial charge in [0.2, 0.25) is 0 Å². The minimum atomic E-state index is -0.190. The molecule has 132 valence electrons. The number of hydrogen-bond donors (Lipinski definition) is 1. The normalized spacial score (nSPS) is 14.7. The van der Waals surface area contributed by atoms with Crippen LogP contribution in [0.3, 0.4) is 0 Å². The molecule has 0 spiro atoms. The van der Waals surface area contributed by atoms with Crippen molar-refractivity contribution in [2.24, 2.45) is 0 Å². The fourth-order valence-corrected chi connectivity index (χ4v) is 2.93. The van der Waals surface area contributed by atoms with E-state index in [9.17, 15) is 4.79 Å². The van der Waals surface area contributed by atoms with Gasteiger partial charge >= 0.3 is 0 Å². The Morgan fingerprint density at radius 1 is 1.08 bits per heavy atom. The molecule has 1 fully saturated rings. The Labute approximate surface area is 149 Å². The first-order valence-electron chi connectivity index (χ1n) is 8.91. The molecule has 1 aromatic carbocycles. The number of hydrogen-bond acceptors (Lipinski definition) is 4. The van der Waals surface area contributed by atoms with Gasteiger partial charge in [-0.05, 0) is 44.0 Å². The van der Waals surface area contributed by atoms with Gasteiger partial charge in [-0.1, -0.05) is 30.5 Å². The summed E-state index contributed by atoms with van der Waals surface area (Å²) in [6.07, 6.45) is 6.74. The number of aromatic nitrogens is 1. The molecule has 0 atom stereocenters. The van der Waals surface area contributed by atoms with E-state index in [1.165, 1.54) is 25.7 Å². The van der Waals surface area contributed by atoms with E-state index >= 15 is 0 Å². The summed E-state index contributed by atoms with van der Waals surface area (Å²) < 4.78 is 5.49. The summed E-state index contributed by atoms with van der Waals surface area (Å²) in [6.45, 7) is 4.11. The number of pyridine rings is 1. The molecule has 0 radical (unpaired) electrons. The van der Waals surface area contributed by atoms with Crippen LogP contribution < -0.4 is 15.0 Å². The van der Waals surface area contributed by atoms with Crippen LogP contribution in [-0.2, 0) is 4.79 Å². The zero-order valence-corrected chi connectivity index (χ0v) is 14.7. The van der Waals surface area contributed by atoms with Crippen molar-refractivity contribution in [3.63, 3.8) is 0 Å². The molecule has 1 amide bonds. The van der Waals surface area contributed by atoms with E-state index in [1.54, 1.807) is 6.20 Å². The highest BCUT2D eigenvalue weighted by atomic mass is 16.5. The van der Waals surface area contributed by atoms with Crippen LogP contribution in [0.5, 0.6) is 5.75 Å². The fraction of sp³-hybridized carbons (Fsp3) is 0.400. The Morgan fingerprint density at radius 2 is 1.80 bits per heavy atom. The van der Waals surface area contributed by atoms with Crippen LogP contribution in [0.2, 0.25) is 0 Å². The SMILES string of the molecule is Cc1ccc(OCC(=O)Nc2ccc(N3CCCCCC3)nc2)cc1. The average Bonchev–Trinajstić information content (AvgIpc) is 2.91. The third kappa shape index (κ3) is 5.21. The number of carbonyl (C=O) groups is 1. The Hall–Kier alpha value is -2.56. The lowest BCUT2D eigenvalue weighted by Gasteiger charge is -2.21. The number of nitrogens with one attached hydrogen (secondary N) is 1. The Balaban J connectivity index is 1.50. The standard InChI is InChI=1S/C20H25N3O2/c1-16-6-9-18(10-7-16)25-15-20(24)22-17-8-11-19(21-14-17)23-12-4-2-3-5-13-23/h6-11,14H,2-5,12-13,15H2,1H3,(H,22,24). The van der Waals surface area contributed by atoms with Gasteiger partial charge < -0.3 is 15.0 Å². The zero-order valence-electron chi connectivity index (χ0n) is 14.7. The minimum absolute atomic E-state index is 0.0169. The van der Waals surface area contributed by atoms with Gasteiger partial charge in [-0.3, -0.25) is 4.79 Å². The van der Waals surface area contributed by atoms with Crippen molar-refractivity contribution >= 4 is 17.4 Å². The van der Waals surface area contributed by atoms with Gasteiger partial charge in [0.1, 0.15) is 11.6 Å². The Morgan fingerprint density at radius 3 is 2.44 bits per heavy atom. The zero-order chi connectivity index (χ0) is 17.5. The van der Waals surface area contributed by atoms with Crippen molar-refractivity contribution in [3.05, 3.63) is 48.2 Å². The van der Waals surface area contributed by atoms with E-state index in [0.717, 1.165) is 24.5 Å². The van der Waals surface area contributed by atoms with Crippen LogP contribution in [0.4, 0.5) is 11.5 Å². The number of benzene rings is 1. The first-order valence-corrected chi connectivity index (χ1v) is 8.91. The fourth-order valence-electron chi connectivity index (χ4n) is 2.93. The summed E-state index contributed by atoms with van der Waals surface area (Å²) in [5, 5.41) is 2.82. The molecule has 0 unspecified atom stereocenters. The average molecular weight is 339 g/mol. The molecule has 1 saturated heterocycles. The molecule has 1 aromatic heterocycles. The number of rotatable bonds is 5. The van der Waals surface area contributed by atoms with Crippen LogP contribution >= 0.6 is 0 Å². The summed E-state index contributed by atoms with van der Waals surface area (Å²) >= 11 is 0. The lowest BCUT2D eigenvalue weighted by molar-refractivity contribution is -0.118. The first kappa shape index (κ1) is 17.3. The molecule has 2 heterocycles. The van der Waals surface area contributed by atoms with Crippen LogP contribution in [-0.4, -0.2) is 30.6 Å². The van der Waals surface area contributed by atoms with Gasteiger partial charge in [0.05, 0.1) is 11.9 Å². The highest BCUT2D eigenvalue weighted by Crippen LogP contribution is 2.19. The molecule has 0 aliphatic carbocycles. The van der Waals surface area contributed by atoms with Crippen LogP contribution in [0, 0.1) is 6.92 Å². The Bertz CT molecular complexity index is 675. The maximum atomic E-state index is 12.0. The molecule has 1 aliphatic rings. The van der Waals surface area contributed by atoms with Crippen molar-refractivity contribution in [2.75, 3.05) is 29.9 Å². The largest absolute Gasteiger partial charge is 0.484 e. The number of nitrogens with zero attached hydrogens (tertiary/aromatic N) is 2. The number of anilines is 2. The third-order valence-electron chi connectivity index (χ3n) is 4.35.